The summed E-state index contributed by atoms with van der Waals surface area (Å²) in [6.07, 6.45) is 1.91. The van der Waals surface area contributed by atoms with Gasteiger partial charge in [0, 0.05) is 11.8 Å². The third-order valence-electron chi connectivity index (χ3n) is 4.45. The Morgan fingerprint density at radius 3 is 1.96 bits per heavy atom. The Labute approximate surface area is 159 Å². The van der Waals surface area contributed by atoms with Crippen LogP contribution in [0.5, 0.6) is 5.75 Å². The van der Waals surface area contributed by atoms with Gasteiger partial charge in [-0.3, -0.25) is 4.99 Å². The fraction of sp³-hybridized carbons (Fsp3) is 0. The maximum atomic E-state index is 9.68. The van der Waals surface area contributed by atoms with Crippen LogP contribution in [0.25, 0.3) is 22.3 Å². The molecule has 0 saturated carbocycles. The molecule has 0 spiro atoms. The smallest absolute Gasteiger partial charge is 0.115 e. The number of hydrogen-bond donors (Lipinski definition) is 1. The Hall–Kier alpha value is -3.65. The van der Waals surface area contributed by atoms with Crippen LogP contribution in [0.15, 0.2) is 108 Å². The third-order valence-corrected chi connectivity index (χ3v) is 4.45. The fourth-order valence-electron chi connectivity index (χ4n) is 3.14. The van der Waals surface area contributed by atoms with Crippen LogP contribution in [0.2, 0.25) is 0 Å². The molecule has 0 aliphatic rings. The molecule has 0 radical (unpaired) electrons. The molecule has 0 unspecified atom stereocenters. The van der Waals surface area contributed by atoms with Gasteiger partial charge in [0.05, 0.1) is 5.69 Å². The average Bonchev–Trinajstić information content (AvgIpc) is 2.74. The zero-order chi connectivity index (χ0) is 18.5. The molecule has 2 nitrogen and oxygen atoms in total. The van der Waals surface area contributed by atoms with Gasteiger partial charge in [-0.1, -0.05) is 78.9 Å². The lowest BCUT2D eigenvalue weighted by Gasteiger charge is -2.14. The minimum absolute atomic E-state index is 0.260. The number of para-hydroxylation sites is 1. The van der Waals surface area contributed by atoms with Crippen molar-refractivity contribution in [1.82, 2.24) is 0 Å². The number of phenolic OH excluding ortho intramolecular Hbond substituents is 1. The van der Waals surface area contributed by atoms with E-state index in [4.69, 9.17) is 0 Å². The van der Waals surface area contributed by atoms with Gasteiger partial charge in [0.1, 0.15) is 5.75 Å². The molecule has 0 aromatic heterocycles. The normalized spacial score (nSPS) is 11.0. The molecule has 4 rings (SSSR count). The zero-order valence-corrected chi connectivity index (χ0v) is 14.8. The van der Waals surface area contributed by atoms with Crippen LogP contribution in [0.3, 0.4) is 0 Å². The van der Waals surface area contributed by atoms with E-state index in [9.17, 15) is 5.11 Å². The number of aromatic hydroxyl groups is 1. The van der Waals surface area contributed by atoms with Crippen molar-refractivity contribution in [2.24, 2.45) is 4.99 Å². The van der Waals surface area contributed by atoms with Gasteiger partial charge < -0.3 is 5.11 Å². The molecule has 0 amide bonds. The lowest BCUT2D eigenvalue weighted by atomic mass is 9.91. The van der Waals surface area contributed by atoms with Gasteiger partial charge in [-0.25, -0.2) is 0 Å². The predicted molar refractivity (Wildman–Crippen MR) is 113 cm³/mol. The highest BCUT2D eigenvalue weighted by molar-refractivity contribution is 5.98. The minimum atomic E-state index is 0.260. The first-order valence-electron chi connectivity index (χ1n) is 8.88. The number of benzene rings is 4. The van der Waals surface area contributed by atoms with Crippen LogP contribution >= 0.6 is 0 Å². The summed E-state index contributed by atoms with van der Waals surface area (Å²) >= 11 is 0. The van der Waals surface area contributed by atoms with Gasteiger partial charge in [0.15, 0.2) is 0 Å². The summed E-state index contributed by atoms with van der Waals surface area (Å²) in [7, 11) is 0. The lowest BCUT2D eigenvalue weighted by molar-refractivity contribution is 0.475. The molecular formula is C25H19NO. The van der Waals surface area contributed by atoms with Crippen LogP contribution in [0, 0.1) is 0 Å². The van der Waals surface area contributed by atoms with Crippen molar-refractivity contribution in [3.8, 4) is 28.0 Å². The van der Waals surface area contributed by atoms with Crippen molar-refractivity contribution >= 4 is 11.9 Å². The summed E-state index contributed by atoms with van der Waals surface area (Å²) in [5, 5.41) is 9.68. The van der Waals surface area contributed by atoms with E-state index in [0.717, 1.165) is 33.5 Å². The second-order valence-electron chi connectivity index (χ2n) is 6.28. The van der Waals surface area contributed by atoms with Gasteiger partial charge in [-0.15, -0.1) is 0 Å². The number of nitrogens with zero attached hydrogens (tertiary/aromatic N) is 1. The predicted octanol–water partition coefficient (Wildman–Crippen LogP) is 6.48. The second kappa shape index (κ2) is 7.71. The first-order valence-corrected chi connectivity index (χ1v) is 8.88. The summed E-state index contributed by atoms with van der Waals surface area (Å²) in [5.74, 6) is 0.260. The number of aliphatic imine (C=N–C) groups is 1. The third kappa shape index (κ3) is 3.80. The first kappa shape index (κ1) is 16.8. The fourth-order valence-corrected chi connectivity index (χ4v) is 3.14. The zero-order valence-electron chi connectivity index (χ0n) is 14.8. The summed E-state index contributed by atoms with van der Waals surface area (Å²) < 4.78 is 0. The molecule has 0 aliphatic heterocycles. The van der Waals surface area contributed by atoms with Crippen molar-refractivity contribution in [2.75, 3.05) is 0 Å². The highest BCUT2D eigenvalue weighted by Gasteiger charge is 2.11. The van der Waals surface area contributed by atoms with Crippen LogP contribution in [-0.2, 0) is 0 Å². The Kier molecular flexibility index (Phi) is 4.80. The molecule has 0 saturated heterocycles. The van der Waals surface area contributed by atoms with Crippen LogP contribution in [0.1, 0.15) is 5.56 Å². The number of hydrogen-bond acceptors (Lipinski definition) is 2. The van der Waals surface area contributed by atoms with Gasteiger partial charge in [0.25, 0.3) is 0 Å². The Morgan fingerprint density at radius 2 is 1.26 bits per heavy atom. The van der Waals surface area contributed by atoms with E-state index >= 15 is 0 Å². The topological polar surface area (TPSA) is 32.6 Å². The molecule has 0 atom stereocenters. The maximum Gasteiger partial charge on any atom is 0.115 e. The molecule has 4 aromatic rings. The van der Waals surface area contributed by atoms with E-state index in [0.29, 0.717) is 0 Å². The Balaban J connectivity index is 1.88. The Morgan fingerprint density at radius 1 is 0.593 bits per heavy atom. The quantitative estimate of drug-likeness (QED) is 0.420. The van der Waals surface area contributed by atoms with Gasteiger partial charge in [0.2, 0.25) is 0 Å². The molecule has 0 aliphatic carbocycles. The monoisotopic (exact) mass is 349 g/mol. The van der Waals surface area contributed by atoms with E-state index < -0.39 is 0 Å². The van der Waals surface area contributed by atoms with E-state index in [1.807, 2.05) is 66.9 Å². The maximum absolute atomic E-state index is 9.68. The number of phenols is 1. The standard InChI is InChI=1S/C25H19NO/c27-23-16-14-20(15-17-23)25-21(18-26-22-11-5-2-6-12-22)10-7-13-24(25)19-8-3-1-4-9-19/h1-18,27H. The summed E-state index contributed by atoms with van der Waals surface area (Å²) in [5.41, 5.74) is 6.38. The van der Waals surface area contributed by atoms with Crippen molar-refractivity contribution in [3.05, 3.63) is 109 Å². The van der Waals surface area contributed by atoms with Crippen molar-refractivity contribution in [3.63, 3.8) is 0 Å². The molecule has 1 N–H and O–H groups in total. The van der Waals surface area contributed by atoms with E-state index in [1.165, 1.54) is 0 Å². The molecule has 0 fully saturated rings. The van der Waals surface area contributed by atoms with Crippen LogP contribution in [0.4, 0.5) is 5.69 Å². The summed E-state index contributed by atoms with van der Waals surface area (Å²) in [6.45, 7) is 0. The van der Waals surface area contributed by atoms with Crippen LogP contribution in [-0.4, -0.2) is 11.3 Å². The molecule has 4 aromatic carbocycles. The van der Waals surface area contributed by atoms with Crippen molar-refractivity contribution < 1.29 is 5.11 Å². The van der Waals surface area contributed by atoms with Crippen molar-refractivity contribution in [1.29, 1.82) is 0 Å². The van der Waals surface area contributed by atoms with E-state index in [-0.39, 0.29) is 5.75 Å². The second-order valence-corrected chi connectivity index (χ2v) is 6.28. The SMILES string of the molecule is Oc1ccc(-c2c(C=Nc3ccccc3)cccc2-c2ccccc2)cc1. The number of rotatable bonds is 4. The highest BCUT2D eigenvalue weighted by Crippen LogP contribution is 2.35. The summed E-state index contributed by atoms with van der Waals surface area (Å²) in [4.78, 5) is 4.64. The minimum Gasteiger partial charge on any atom is -0.508 e. The molecule has 130 valence electrons. The first-order chi connectivity index (χ1) is 13.3. The van der Waals surface area contributed by atoms with Crippen molar-refractivity contribution in [2.45, 2.75) is 0 Å². The molecule has 0 heterocycles. The molecule has 27 heavy (non-hydrogen) atoms. The highest BCUT2D eigenvalue weighted by atomic mass is 16.3. The Bertz CT molecular complexity index is 1050. The van der Waals surface area contributed by atoms with Crippen LogP contribution < -0.4 is 0 Å². The molecular weight excluding hydrogens is 330 g/mol. The van der Waals surface area contributed by atoms with E-state index in [1.54, 1.807) is 12.1 Å². The largest absolute Gasteiger partial charge is 0.508 e. The van der Waals surface area contributed by atoms with Gasteiger partial charge in [-0.05, 0) is 46.5 Å². The molecule has 2 heteroatoms. The molecule has 0 bridgehead atoms. The van der Waals surface area contributed by atoms with Gasteiger partial charge in [-0.2, -0.15) is 0 Å². The lowest BCUT2D eigenvalue weighted by Crippen LogP contribution is -1.92. The summed E-state index contributed by atoms with van der Waals surface area (Å²) in [6, 6.07) is 33.8. The van der Waals surface area contributed by atoms with E-state index in [2.05, 4.69) is 35.3 Å². The average molecular weight is 349 g/mol. The van der Waals surface area contributed by atoms with Gasteiger partial charge >= 0.3 is 0 Å².